The second kappa shape index (κ2) is 3.23. The van der Waals surface area contributed by atoms with E-state index in [0.717, 1.165) is 25.7 Å². The number of carbonyl (C=O) groups is 1. The molecule has 2 rings (SSSR count). The van der Waals surface area contributed by atoms with Gasteiger partial charge in [-0.05, 0) is 25.7 Å². The van der Waals surface area contributed by atoms with Crippen molar-refractivity contribution in [2.45, 2.75) is 37.3 Å². The number of esters is 1. The lowest BCUT2D eigenvalue weighted by molar-refractivity contribution is -0.147. The van der Waals surface area contributed by atoms with Crippen LogP contribution in [0, 0.1) is 0 Å². The Kier molecular flexibility index (Phi) is 2.64. The molecule has 0 atom stereocenters. The third kappa shape index (κ3) is 1.21. The van der Waals surface area contributed by atoms with E-state index >= 15 is 0 Å². The fourth-order valence-electron chi connectivity index (χ4n) is 2.25. The summed E-state index contributed by atoms with van der Waals surface area (Å²) in [4.78, 5) is 11.3. The molecule has 70 valence electrons. The summed E-state index contributed by atoms with van der Waals surface area (Å²) in [6, 6.07) is 0.578. The molecule has 2 aliphatic heterocycles. The first kappa shape index (κ1) is 9.81. The van der Waals surface area contributed by atoms with Crippen LogP contribution < -0.4 is 5.32 Å². The van der Waals surface area contributed by atoms with Crippen LogP contribution in [0.25, 0.3) is 0 Å². The van der Waals surface area contributed by atoms with E-state index in [1.165, 1.54) is 7.11 Å². The lowest BCUT2D eigenvalue weighted by Gasteiger charge is -2.21. The topological polar surface area (TPSA) is 38.3 Å². The Bertz CT molecular complexity index is 187. The number of ether oxygens (including phenoxy) is 1. The van der Waals surface area contributed by atoms with Crippen LogP contribution in [0.1, 0.15) is 25.7 Å². The highest BCUT2D eigenvalue weighted by Gasteiger charge is 2.50. The SMILES string of the molecule is COC(=O)C12CCC(CC1)N2.Cl. The minimum atomic E-state index is -0.292. The Morgan fingerprint density at radius 2 is 2.08 bits per heavy atom. The Labute approximate surface area is 78.3 Å². The average molecular weight is 192 g/mol. The van der Waals surface area contributed by atoms with Crippen LogP contribution >= 0.6 is 12.4 Å². The highest BCUT2D eigenvalue weighted by molar-refractivity contribution is 5.85. The summed E-state index contributed by atoms with van der Waals surface area (Å²) in [5.41, 5.74) is -0.292. The molecule has 4 heteroatoms. The number of nitrogens with one attached hydrogen (secondary N) is 1. The number of fused-ring (bicyclic) bond motifs is 2. The number of carbonyl (C=O) groups excluding carboxylic acids is 1. The van der Waals surface area contributed by atoms with Crippen LogP contribution in [0.3, 0.4) is 0 Å². The summed E-state index contributed by atoms with van der Waals surface area (Å²) in [7, 11) is 1.46. The Morgan fingerprint density at radius 1 is 1.50 bits per heavy atom. The van der Waals surface area contributed by atoms with Crippen LogP contribution in [0.2, 0.25) is 0 Å². The molecule has 1 N–H and O–H groups in total. The van der Waals surface area contributed by atoms with Gasteiger partial charge in [-0.15, -0.1) is 12.4 Å². The third-order valence-electron chi connectivity index (χ3n) is 2.90. The molecular formula is C8H14ClNO2. The molecule has 2 bridgehead atoms. The van der Waals surface area contributed by atoms with E-state index in [2.05, 4.69) is 5.32 Å². The third-order valence-corrected chi connectivity index (χ3v) is 2.90. The van der Waals surface area contributed by atoms with Gasteiger partial charge in [0.25, 0.3) is 0 Å². The molecule has 0 aromatic rings. The largest absolute Gasteiger partial charge is 0.468 e. The molecule has 12 heavy (non-hydrogen) atoms. The van der Waals surface area contributed by atoms with Crippen molar-refractivity contribution in [2.75, 3.05) is 7.11 Å². The van der Waals surface area contributed by atoms with Crippen LogP contribution in [0.15, 0.2) is 0 Å². The Hall–Kier alpha value is -0.280. The lowest BCUT2D eigenvalue weighted by atomic mass is 9.88. The van der Waals surface area contributed by atoms with E-state index in [9.17, 15) is 4.79 Å². The van der Waals surface area contributed by atoms with Gasteiger partial charge in [-0.3, -0.25) is 10.1 Å². The van der Waals surface area contributed by atoms with E-state index in [1.54, 1.807) is 0 Å². The van der Waals surface area contributed by atoms with Gasteiger partial charge < -0.3 is 4.74 Å². The summed E-state index contributed by atoms with van der Waals surface area (Å²) in [5.74, 6) is -0.0718. The lowest BCUT2D eigenvalue weighted by Crippen LogP contribution is -2.45. The zero-order valence-electron chi connectivity index (χ0n) is 7.13. The number of rotatable bonds is 1. The molecule has 0 aromatic carbocycles. The van der Waals surface area contributed by atoms with Crippen molar-refractivity contribution in [3.8, 4) is 0 Å². The van der Waals surface area contributed by atoms with E-state index in [4.69, 9.17) is 4.74 Å². The predicted molar refractivity (Wildman–Crippen MR) is 47.4 cm³/mol. The van der Waals surface area contributed by atoms with E-state index < -0.39 is 0 Å². The van der Waals surface area contributed by atoms with Gasteiger partial charge in [0.05, 0.1) is 7.11 Å². The summed E-state index contributed by atoms with van der Waals surface area (Å²) in [5, 5.41) is 3.32. The van der Waals surface area contributed by atoms with Gasteiger partial charge in [-0.1, -0.05) is 0 Å². The van der Waals surface area contributed by atoms with Crippen molar-refractivity contribution < 1.29 is 9.53 Å². The normalized spacial score (nSPS) is 37.6. The van der Waals surface area contributed by atoms with Crippen LogP contribution in [-0.4, -0.2) is 24.7 Å². The van der Waals surface area contributed by atoms with Crippen molar-refractivity contribution in [2.24, 2.45) is 0 Å². The minimum Gasteiger partial charge on any atom is -0.468 e. The smallest absolute Gasteiger partial charge is 0.326 e. The first-order valence-electron chi connectivity index (χ1n) is 4.13. The fourth-order valence-corrected chi connectivity index (χ4v) is 2.25. The van der Waals surface area contributed by atoms with Gasteiger partial charge >= 0.3 is 5.97 Å². The average Bonchev–Trinajstić information content (AvgIpc) is 2.62. The fraction of sp³-hybridized carbons (Fsp3) is 0.875. The molecule has 0 spiro atoms. The van der Waals surface area contributed by atoms with Crippen molar-refractivity contribution in [3.05, 3.63) is 0 Å². The molecule has 2 saturated heterocycles. The number of methoxy groups -OCH3 is 1. The maximum atomic E-state index is 11.3. The van der Waals surface area contributed by atoms with Crippen molar-refractivity contribution in [3.63, 3.8) is 0 Å². The molecule has 0 saturated carbocycles. The van der Waals surface area contributed by atoms with E-state index in [1.807, 2.05) is 0 Å². The maximum absolute atomic E-state index is 11.3. The quantitative estimate of drug-likeness (QED) is 0.625. The standard InChI is InChI=1S/C8H13NO2.ClH/c1-11-7(10)8-4-2-6(9-8)3-5-8;/h6,9H,2-5H2,1H3;1H. The number of hydrogen-bond acceptors (Lipinski definition) is 3. The molecule has 3 nitrogen and oxygen atoms in total. The van der Waals surface area contributed by atoms with Crippen LogP contribution in [-0.2, 0) is 9.53 Å². The van der Waals surface area contributed by atoms with Crippen molar-refractivity contribution in [1.82, 2.24) is 5.32 Å². The summed E-state index contributed by atoms with van der Waals surface area (Å²) in [6.07, 6.45) is 4.19. The zero-order chi connectivity index (χ0) is 7.90. The molecule has 0 radical (unpaired) electrons. The molecule has 0 aliphatic carbocycles. The highest BCUT2D eigenvalue weighted by atomic mass is 35.5. The van der Waals surface area contributed by atoms with Crippen molar-refractivity contribution >= 4 is 18.4 Å². The maximum Gasteiger partial charge on any atom is 0.326 e. The molecule has 2 heterocycles. The highest BCUT2D eigenvalue weighted by Crippen LogP contribution is 2.38. The minimum absolute atomic E-state index is 0. The molecular weight excluding hydrogens is 178 g/mol. The van der Waals surface area contributed by atoms with Gasteiger partial charge in [0.2, 0.25) is 0 Å². The van der Waals surface area contributed by atoms with Gasteiger partial charge in [0, 0.05) is 6.04 Å². The van der Waals surface area contributed by atoms with Gasteiger partial charge in [-0.25, -0.2) is 0 Å². The van der Waals surface area contributed by atoms with E-state index in [-0.39, 0.29) is 23.9 Å². The Balaban J connectivity index is 0.000000720. The van der Waals surface area contributed by atoms with E-state index in [0.29, 0.717) is 6.04 Å². The van der Waals surface area contributed by atoms with Gasteiger partial charge in [-0.2, -0.15) is 0 Å². The first-order chi connectivity index (χ1) is 5.27. The van der Waals surface area contributed by atoms with Gasteiger partial charge in [0.15, 0.2) is 0 Å². The molecule has 2 fully saturated rings. The monoisotopic (exact) mass is 191 g/mol. The summed E-state index contributed by atoms with van der Waals surface area (Å²) >= 11 is 0. The summed E-state index contributed by atoms with van der Waals surface area (Å²) < 4.78 is 4.75. The molecule has 0 unspecified atom stereocenters. The molecule has 0 amide bonds. The number of halogens is 1. The summed E-state index contributed by atoms with van der Waals surface area (Å²) in [6.45, 7) is 0. The van der Waals surface area contributed by atoms with Crippen LogP contribution in [0.5, 0.6) is 0 Å². The molecule has 2 aliphatic rings. The predicted octanol–water partition coefficient (Wildman–Crippen LogP) is 0.866. The second-order valence-electron chi connectivity index (χ2n) is 3.49. The zero-order valence-corrected chi connectivity index (χ0v) is 7.95. The van der Waals surface area contributed by atoms with Gasteiger partial charge in [0.1, 0.15) is 5.54 Å². The van der Waals surface area contributed by atoms with Crippen molar-refractivity contribution in [1.29, 1.82) is 0 Å². The first-order valence-corrected chi connectivity index (χ1v) is 4.13. The number of hydrogen-bond donors (Lipinski definition) is 1. The Morgan fingerprint density at radius 3 is 2.42 bits per heavy atom. The second-order valence-corrected chi connectivity index (χ2v) is 3.49. The van der Waals surface area contributed by atoms with Crippen LogP contribution in [0.4, 0.5) is 0 Å². The molecule has 0 aromatic heterocycles.